The summed E-state index contributed by atoms with van der Waals surface area (Å²) in [5.74, 6) is -0.307. The molecule has 2 saturated heterocycles. The van der Waals surface area contributed by atoms with Crippen molar-refractivity contribution in [1.82, 2.24) is 19.4 Å². The molecule has 9 heteroatoms. The molecule has 164 valence electrons. The quantitative estimate of drug-likeness (QED) is 0.713. The maximum atomic E-state index is 13.1. The molecule has 1 atom stereocenters. The Morgan fingerprint density at radius 2 is 1.55 bits per heavy atom. The molecule has 2 aliphatic heterocycles. The molecule has 0 bridgehead atoms. The number of carbonyl (C=O) groups is 2. The van der Waals surface area contributed by atoms with E-state index in [1.807, 2.05) is 42.2 Å². The third-order valence-corrected chi connectivity index (χ3v) is 7.87. The van der Waals surface area contributed by atoms with E-state index >= 15 is 0 Å². The number of carbonyl (C=O) groups excluding carboxylic acids is 2. The van der Waals surface area contributed by atoms with Crippen LogP contribution in [-0.4, -0.2) is 67.3 Å². The largest absolute Gasteiger partial charge is 0.326 e. The molecule has 2 aliphatic rings. The van der Waals surface area contributed by atoms with Gasteiger partial charge in [0.2, 0.25) is 10.0 Å². The highest BCUT2D eigenvalue weighted by Crippen LogP contribution is 2.29. The summed E-state index contributed by atoms with van der Waals surface area (Å²) < 4.78 is 27.2. The minimum absolute atomic E-state index is 0.130. The average Bonchev–Trinajstić information content (AvgIpc) is 2.99. The molecule has 0 radical (unpaired) electrons. The van der Waals surface area contributed by atoms with Crippen molar-refractivity contribution >= 4 is 22.0 Å². The lowest BCUT2D eigenvalue weighted by Gasteiger charge is -2.35. The number of nitrogens with zero attached hydrogens (tertiary/aromatic N) is 3. The molecule has 4 rings (SSSR count). The second-order valence-electron chi connectivity index (χ2n) is 8.13. The number of piperazine rings is 1. The molecular formula is C22H26N4O4S. The molecule has 0 aromatic heterocycles. The number of hydrogen-bond donors (Lipinski definition) is 1. The molecule has 8 nitrogen and oxygen atoms in total. The van der Waals surface area contributed by atoms with Crippen molar-refractivity contribution in [2.45, 2.75) is 24.3 Å². The van der Waals surface area contributed by atoms with E-state index in [1.165, 1.54) is 9.21 Å². The van der Waals surface area contributed by atoms with Crippen LogP contribution in [0.1, 0.15) is 18.1 Å². The van der Waals surface area contributed by atoms with Crippen LogP contribution in [0, 0.1) is 6.92 Å². The van der Waals surface area contributed by atoms with Gasteiger partial charge in [0.25, 0.3) is 5.91 Å². The smallest absolute Gasteiger partial charge is 0.319 e. The minimum atomic E-state index is -3.56. The highest BCUT2D eigenvalue weighted by molar-refractivity contribution is 7.89. The van der Waals surface area contributed by atoms with E-state index in [0.29, 0.717) is 26.2 Å². The monoisotopic (exact) mass is 442 g/mol. The summed E-state index contributed by atoms with van der Waals surface area (Å²) in [5, 5.41) is 2.80. The standard InChI is InChI=1S/C22H26N4O4S/c1-17-8-10-19(11-9-17)31(29,30)25-14-12-24(13-15-25)16-26-20(27)22(2,23-21(26)28)18-6-4-3-5-7-18/h3-11H,12-16H2,1-2H3,(H,23,28)/t22-/m1/s1. The Morgan fingerprint density at radius 3 is 2.16 bits per heavy atom. The maximum absolute atomic E-state index is 13.1. The van der Waals surface area contributed by atoms with Gasteiger partial charge in [0.05, 0.1) is 11.6 Å². The Balaban J connectivity index is 1.40. The number of sulfonamides is 1. The first-order valence-corrected chi connectivity index (χ1v) is 11.6. The highest BCUT2D eigenvalue weighted by Gasteiger charge is 2.49. The second-order valence-corrected chi connectivity index (χ2v) is 10.1. The summed E-state index contributed by atoms with van der Waals surface area (Å²) in [6, 6.07) is 15.5. The van der Waals surface area contributed by atoms with Crippen LogP contribution in [0.25, 0.3) is 0 Å². The van der Waals surface area contributed by atoms with Gasteiger partial charge in [0, 0.05) is 26.2 Å². The Hall–Kier alpha value is -2.75. The second kappa shape index (κ2) is 8.07. The van der Waals surface area contributed by atoms with Crippen LogP contribution < -0.4 is 5.32 Å². The van der Waals surface area contributed by atoms with Crippen LogP contribution in [0.5, 0.6) is 0 Å². The lowest BCUT2D eigenvalue weighted by Crippen LogP contribution is -2.52. The number of urea groups is 1. The van der Waals surface area contributed by atoms with Crippen molar-refractivity contribution in [2.24, 2.45) is 0 Å². The number of benzene rings is 2. The van der Waals surface area contributed by atoms with Gasteiger partial charge in [-0.1, -0.05) is 48.0 Å². The van der Waals surface area contributed by atoms with Gasteiger partial charge in [0.15, 0.2) is 0 Å². The summed E-state index contributed by atoms with van der Waals surface area (Å²) in [4.78, 5) is 29.0. The molecule has 31 heavy (non-hydrogen) atoms. The molecule has 2 aromatic rings. The molecule has 0 saturated carbocycles. The van der Waals surface area contributed by atoms with E-state index in [-0.39, 0.29) is 17.5 Å². The van der Waals surface area contributed by atoms with E-state index in [1.54, 1.807) is 31.2 Å². The molecule has 3 amide bonds. The van der Waals surface area contributed by atoms with Gasteiger partial charge in [-0.15, -0.1) is 0 Å². The fourth-order valence-electron chi connectivity index (χ4n) is 3.96. The van der Waals surface area contributed by atoms with E-state index < -0.39 is 21.6 Å². The fraction of sp³-hybridized carbons (Fsp3) is 0.364. The zero-order chi connectivity index (χ0) is 22.2. The number of rotatable bonds is 5. The summed E-state index contributed by atoms with van der Waals surface area (Å²) in [5.41, 5.74) is 0.624. The van der Waals surface area contributed by atoms with Crippen LogP contribution >= 0.6 is 0 Å². The normalized spacial score (nSPS) is 23.2. The Bertz CT molecular complexity index is 1080. The van der Waals surface area contributed by atoms with Gasteiger partial charge in [-0.05, 0) is 31.5 Å². The number of imide groups is 1. The van der Waals surface area contributed by atoms with Crippen LogP contribution in [-0.2, 0) is 20.4 Å². The van der Waals surface area contributed by atoms with Crippen LogP contribution in [0.4, 0.5) is 4.79 Å². The fourth-order valence-corrected chi connectivity index (χ4v) is 5.39. The van der Waals surface area contributed by atoms with Crippen molar-refractivity contribution in [3.05, 3.63) is 65.7 Å². The molecule has 1 N–H and O–H groups in total. The summed E-state index contributed by atoms with van der Waals surface area (Å²) in [6.45, 7) is 5.22. The van der Waals surface area contributed by atoms with Gasteiger partial charge < -0.3 is 5.32 Å². The molecule has 2 fully saturated rings. The third-order valence-electron chi connectivity index (χ3n) is 5.96. The molecule has 0 spiro atoms. The summed E-state index contributed by atoms with van der Waals surface area (Å²) in [6.07, 6.45) is 0. The Labute approximate surface area is 182 Å². The zero-order valence-electron chi connectivity index (χ0n) is 17.6. The van der Waals surface area contributed by atoms with Gasteiger partial charge >= 0.3 is 6.03 Å². The lowest BCUT2D eigenvalue weighted by atomic mass is 9.92. The number of aryl methyl sites for hydroxylation is 1. The van der Waals surface area contributed by atoms with Crippen molar-refractivity contribution in [1.29, 1.82) is 0 Å². The maximum Gasteiger partial charge on any atom is 0.326 e. The molecule has 2 aromatic carbocycles. The summed E-state index contributed by atoms with van der Waals surface area (Å²) in [7, 11) is -3.56. The minimum Gasteiger partial charge on any atom is -0.319 e. The number of nitrogens with one attached hydrogen (secondary N) is 1. The van der Waals surface area contributed by atoms with E-state index in [2.05, 4.69) is 5.32 Å². The van der Waals surface area contributed by atoms with Crippen molar-refractivity contribution < 1.29 is 18.0 Å². The molecular weight excluding hydrogens is 416 g/mol. The van der Waals surface area contributed by atoms with E-state index in [9.17, 15) is 18.0 Å². The van der Waals surface area contributed by atoms with Crippen molar-refractivity contribution in [3.8, 4) is 0 Å². The molecule has 0 aliphatic carbocycles. The lowest BCUT2D eigenvalue weighted by molar-refractivity contribution is -0.132. The first kappa shape index (κ1) is 21.5. The molecule has 2 heterocycles. The van der Waals surface area contributed by atoms with E-state index in [4.69, 9.17) is 0 Å². The van der Waals surface area contributed by atoms with Gasteiger partial charge in [0.1, 0.15) is 5.54 Å². The first-order valence-electron chi connectivity index (χ1n) is 10.2. The van der Waals surface area contributed by atoms with Crippen molar-refractivity contribution in [3.63, 3.8) is 0 Å². The predicted molar refractivity (Wildman–Crippen MR) is 116 cm³/mol. The average molecular weight is 443 g/mol. The van der Waals surface area contributed by atoms with Gasteiger partial charge in [-0.25, -0.2) is 18.1 Å². The Morgan fingerprint density at radius 1 is 0.935 bits per heavy atom. The highest BCUT2D eigenvalue weighted by atomic mass is 32.2. The van der Waals surface area contributed by atoms with E-state index in [0.717, 1.165) is 11.1 Å². The van der Waals surface area contributed by atoms with Gasteiger partial charge in [-0.3, -0.25) is 9.69 Å². The SMILES string of the molecule is Cc1ccc(S(=O)(=O)N2CCN(CN3C(=O)N[C@](C)(c4ccccc4)C3=O)CC2)cc1. The Kier molecular flexibility index (Phi) is 5.59. The predicted octanol–water partition coefficient (Wildman–Crippen LogP) is 1.73. The van der Waals surface area contributed by atoms with Crippen LogP contribution in [0.3, 0.4) is 0 Å². The van der Waals surface area contributed by atoms with Crippen molar-refractivity contribution in [2.75, 3.05) is 32.8 Å². The summed E-state index contributed by atoms with van der Waals surface area (Å²) >= 11 is 0. The number of amides is 3. The topological polar surface area (TPSA) is 90.0 Å². The van der Waals surface area contributed by atoms with Gasteiger partial charge in [-0.2, -0.15) is 4.31 Å². The third kappa shape index (κ3) is 3.96. The van der Waals surface area contributed by atoms with Crippen LogP contribution in [0.2, 0.25) is 0 Å². The van der Waals surface area contributed by atoms with Crippen LogP contribution in [0.15, 0.2) is 59.5 Å². The first-order chi connectivity index (χ1) is 14.7. The number of hydrogen-bond acceptors (Lipinski definition) is 5. The molecule has 0 unspecified atom stereocenters. The zero-order valence-corrected chi connectivity index (χ0v) is 18.4.